The Morgan fingerprint density at radius 1 is 1.19 bits per heavy atom. The predicted molar refractivity (Wildman–Crippen MR) is 113 cm³/mol. The van der Waals surface area contributed by atoms with Gasteiger partial charge in [0.05, 0.1) is 26.5 Å². The van der Waals surface area contributed by atoms with Crippen LogP contribution in [0, 0.1) is 0 Å². The van der Waals surface area contributed by atoms with E-state index in [0.717, 1.165) is 27.0 Å². The Balaban J connectivity index is 1.77. The molecule has 0 N–H and O–H groups in total. The number of ether oxygens (including phenoxy) is 3. The van der Waals surface area contributed by atoms with Crippen LogP contribution in [0.5, 0.6) is 5.75 Å². The molecule has 0 bridgehead atoms. The molecule has 0 amide bonds. The highest BCUT2D eigenvalue weighted by Crippen LogP contribution is 2.41. The Labute approximate surface area is 183 Å². The van der Waals surface area contributed by atoms with Gasteiger partial charge in [0.1, 0.15) is 12.1 Å². The minimum atomic E-state index is -1.18. The first-order valence-electron chi connectivity index (χ1n) is 9.77. The smallest absolute Gasteiger partial charge is 0.324 e. The highest BCUT2D eigenvalue weighted by atomic mass is 32.1. The number of carbonyl (C=O) groups is 2. The van der Waals surface area contributed by atoms with E-state index in [2.05, 4.69) is 10.1 Å². The Bertz CT molecular complexity index is 1120. The van der Waals surface area contributed by atoms with E-state index in [-0.39, 0.29) is 6.04 Å². The minimum Gasteiger partial charge on any atom is -0.492 e. The fourth-order valence-corrected chi connectivity index (χ4v) is 4.55. The average molecular weight is 442 g/mol. The van der Waals surface area contributed by atoms with Gasteiger partial charge < -0.3 is 14.2 Å². The van der Waals surface area contributed by atoms with Gasteiger partial charge in [-0.2, -0.15) is 5.10 Å². The van der Waals surface area contributed by atoms with Gasteiger partial charge in [-0.05, 0) is 31.5 Å². The molecule has 9 nitrogen and oxygen atoms in total. The third-order valence-corrected chi connectivity index (χ3v) is 6.12. The molecular weight excluding hydrogens is 420 g/mol. The van der Waals surface area contributed by atoms with Crippen LogP contribution in [-0.4, -0.2) is 52.5 Å². The maximum atomic E-state index is 12.2. The van der Waals surface area contributed by atoms with Gasteiger partial charge in [-0.25, -0.2) is 14.6 Å². The lowest BCUT2D eigenvalue weighted by Gasteiger charge is -2.15. The first-order valence-corrected chi connectivity index (χ1v) is 10.6. The van der Waals surface area contributed by atoms with Crippen molar-refractivity contribution in [1.29, 1.82) is 0 Å². The Morgan fingerprint density at radius 3 is 2.61 bits per heavy atom. The van der Waals surface area contributed by atoms with Crippen molar-refractivity contribution in [3.8, 4) is 27.8 Å². The zero-order valence-electron chi connectivity index (χ0n) is 17.6. The van der Waals surface area contributed by atoms with Crippen LogP contribution in [0.3, 0.4) is 0 Å². The highest BCUT2D eigenvalue weighted by molar-refractivity contribution is 7.15. The van der Waals surface area contributed by atoms with Crippen LogP contribution < -0.4 is 4.74 Å². The molecule has 0 aliphatic carbocycles. The Morgan fingerprint density at radius 2 is 1.94 bits per heavy atom. The molecule has 4 rings (SSSR count). The van der Waals surface area contributed by atoms with Crippen molar-refractivity contribution in [2.75, 3.05) is 20.8 Å². The number of methoxy groups -OCH3 is 2. The van der Waals surface area contributed by atoms with Gasteiger partial charge in [0.25, 0.3) is 0 Å². The lowest BCUT2D eigenvalue weighted by molar-refractivity contribution is -0.154. The first-order chi connectivity index (χ1) is 14.9. The zero-order chi connectivity index (χ0) is 22.1. The van der Waals surface area contributed by atoms with Gasteiger partial charge in [-0.15, -0.1) is 11.3 Å². The summed E-state index contributed by atoms with van der Waals surface area (Å²) < 4.78 is 17.3. The molecule has 0 spiro atoms. The van der Waals surface area contributed by atoms with Crippen molar-refractivity contribution in [3.63, 3.8) is 0 Å². The summed E-state index contributed by atoms with van der Waals surface area (Å²) >= 11 is 1.57. The summed E-state index contributed by atoms with van der Waals surface area (Å²) in [6.45, 7) is 4.53. The normalized spacial score (nSPS) is 12.7. The third kappa shape index (κ3) is 3.78. The summed E-state index contributed by atoms with van der Waals surface area (Å²) in [7, 11) is 2.47. The monoisotopic (exact) mass is 442 g/mol. The van der Waals surface area contributed by atoms with Crippen molar-refractivity contribution >= 4 is 23.3 Å². The summed E-state index contributed by atoms with van der Waals surface area (Å²) in [6, 6.07) is 5.35. The number of thiazole rings is 1. The number of hydrogen-bond donors (Lipinski definition) is 0. The van der Waals surface area contributed by atoms with Gasteiger partial charge in [-0.3, -0.25) is 9.59 Å². The van der Waals surface area contributed by atoms with Crippen LogP contribution in [0.25, 0.3) is 22.1 Å². The van der Waals surface area contributed by atoms with Crippen molar-refractivity contribution in [3.05, 3.63) is 35.0 Å². The predicted octanol–water partition coefficient (Wildman–Crippen LogP) is 3.01. The third-order valence-electron chi connectivity index (χ3n) is 5.01. The van der Waals surface area contributed by atoms with Gasteiger partial charge >= 0.3 is 11.9 Å². The molecular formula is C21H22N4O5S. The van der Waals surface area contributed by atoms with Gasteiger partial charge in [0.2, 0.25) is 0 Å². The Hall–Kier alpha value is -3.27. The van der Waals surface area contributed by atoms with Gasteiger partial charge in [0.15, 0.2) is 16.7 Å². The molecule has 1 aromatic carbocycles. The standard InChI is InChI=1S/C21H22N4O5S/c1-11(2)25-18(22-10-23-25)19-24-17-13-6-5-12(16(20(26)28-3)21(27)29-4)9-14(13)30-8-7-15(17)31-19/h5-6,9-11,16H,7-8H2,1-4H3. The van der Waals surface area contributed by atoms with Crippen LogP contribution in [0.15, 0.2) is 24.5 Å². The van der Waals surface area contributed by atoms with Crippen molar-refractivity contribution in [2.45, 2.75) is 32.2 Å². The van der Waals surface area contributed by atoms with E-state index >= 15 is 0 Å². The second kappa shape index (κ2) is 8.46. The molecule has 10 heteroatoms. The molecule has 0 saturated carbocycles. The van der Waals surface area contributed by atoms with E-state index in [1.165, 1.54) is 20.5 Å². The van der Waals surface area contributed by atoms with E-state index in [4.69, 9.17) is 19.2 Å². The highest BCUT2D eigenvalue weighted by Gasteiger charge is 2.32. The number of aromatic nitrogens is 4. The molecule has 162 valence electrons. The lowest BCUT2D eigenvalue weighted by Crippen LogP contribution is -2.24. The van der Waals surface area contributed by atoms with Crippen LogP contribution >= 0.6 is 11.3 Å². The quantitative estimate of drug-likeness (QED) is 0.439. The molecule has 1 aliphatic heterocycles. The fraction of sp³-hybridized carbons (Fsp3) is 0.381. The second-order valence-electron chi connectivity index (χ2n) is 7.25. The number of fused-ring (bicyclic) bond motifs is 3. The van der Waals surface area contributed by atoms with E-state index in [1.54, 1.807) is 23.5 Å². The molecule has 1 aliphatic rings. The molecule has 0 fully saturated rings. The first kappa shape index (κ1) is 21.0. The molecule has 0 radical (unpaired) electrons. The maximum Gasteiger partial charge on any atom is 0.324 e. The number of nitrogens with zero attached hydrogens (tertiary/aromatic N) is 4. The minimum absolute atomic E-state index is 0.160. The van der Waals surface area contributed by atoms with Crippen molar-refractivity contribution in [2.24, 2.45) is 0 Å². The molecule has 3 aromatic rings. The molecule has 0 unspecified atom stereocenters. The summed E-state index contributed by atoms with van der Waals surface area (Å²) in [6.07, 6.45) is 2.22. The van der Waals surface area contributed by atoms with E-state index in [9.17, 15) is 9.59 Å². The van der Waals surface area contributed by atoms with Crippen molar-refractivity contribution in [1.82, 2.24) is 19.7 Å². The van der Waals surface area contributed by atoms with Crippen LogP contribution in [-0.2, 0) is 25.5 Å². The number of rotatable bonds is 5. The molecule has 31 heavy (non-hydrogen) atoms. The van der Waals surface area contributed by atoms with Crippen LogP contribution in [0.1, 0.15) is 36.2 Å². The topological polar surface area (TPSA) is 105 Å². The summed E-state index contributed by atoms with van der Waals surface area (Å²) in [4.78, 5) is 34.7. The molecule has 0 saturated heterocycles. The lowest BCUT2D eigenvalue weighted by atomic mass is 9.96. The number of esters is 2. The largest absolute Gasteiger partial charge is 0.492 e. The van der Waals surface area contributed by atoms with E-state index in [0.29, 0.717) is 24.3 Å². The van der Waals surface area contributed by atoms with Gasteiger partial charge in [0, 0.05) is 22.9 Å². The molecule has 3 heterocycles. The van der Waals surface area contributed by atoms with E-state index < -0.39 is 17.9 Å². The summed E-state index contributed by atoms with van der Waals surface area (Å²) in [5, 5.41) is 5.09. The number of hydrogen-bond acceptors (Lipinski definition) is 9. The zero-order valence-corrected chi connectivity index (χ0v) is 18.4. The molecule has 0 atom stereocenters. The van der Waals surface area contributed by atoms with Crippen molar-refractivity contribution < 1.29 is 23.8 Å². The number of benzene rings is 1. The Kier molecular flexibility index (Phi) is 5.73. The van der Waals surface area contributed by atoms with Crippen LogP contribution in [0.2, 0.25) is 0 Å². The maximum absolute atomic E-state index is 12.2. The summed E-state index contributed by atoms with van der Waals surface area (Å²) in [5.41, 5.74) is 2.05. The SMILES string of the molecule is COC(=O)C(C(=O)OC)c1ccc2c(c1)OCCc1sc(-c3ncnn3C(C)C)nc1-2. The van der Waals surface area contributed by atoms with Crippen LogP contribution in [0.4, 0.5) is 0 Å². The fourth-order valence-electron chi connectivity index (χ4n) is 3.50. The van der Waals surface area contributed by atoms with E-state index in [1.807, 2.05) is 24.6 Å². The van der Waals surface area contributed by atoms with Gasteiger partial charge in [-0.1, -0.05) is 6.07 Å². The second-order valence-corrected chi connectivity index (χ2v) is 8.33. The summed E-state index contributed by atoms with van der Waals surface area (Å²) in [5.74, 6) is -1.28. The molecule has 2 aromatic heterocycles. The average Bonchev–Trinajstić information content (AvgIpc) is 3.38. The number of carbonyl (C=O) groups excluding carboxylic acids is 2.